The third-order valence-electron chi connectivity index (χ3n) is 6.14. The van der Waals surface area contributed by atoms with Gasteiger partial charge in [-0.3, -0.25) is 0 Å². The molecule has 0 aliphatic heterocycles. The van der Waals surface area contributed by atoms with Crippen LogP contribution < -0.4 is 15.2 Å². The topological polar surface area (TPSA) is 9.23 Å². The Morgan fingerprint density at radius 1 is 1.00 bits per heavy atom. The molecule has 2 aromatic rings. The van der Waals surface area contributed by atoms with Crippen LogP contribution in [0.2, 0.25) is 0 Å². The lowest BCUT2D eigenvalue weighted by atomic mass is 9.84. The highest BCUT2D eigenvalue weighted by Crippen LogP contribution is 2.38. The van der Waals surface area contributed by atoms with Crippen molar-refractivity contribution in [2.24, 2.45) is 0 Å². The molecule has 2 rings (SSSR count). The molecule has 0 radical (unpaired) electrons. The zero-order valence-corrected chi connectivity index (χ0v) is 22.8. The number of allylic oxidation sites excluding steroid dienone is 4. The molecule has 0 bridgehead atoms. The summed E-state index contributed by atoms with van der Waals surface area (Å²) in [5.41, 5.74) is 9.15. The Labute approximate surface area is 213 Å². The van der Waals surface area contributed by atoms with Crippen LogP contribution in [-0.2, 0) is 0 Å². The van der Waals surface area contributed by atoms with Crippen molar-refractivity contribution in [2.75, 3.05) is 6.61 Å². The van der Waals surface area contributed by atoms with Gasteiger partial charge in [0.1, 0.15) is 12.4 Å². The lowest BCUT2D eigenvalue weighted by Crippen LogP contribution is -2.28. The minimum Gasteiger partial charge on any atom is -0.488 e. The Balaban J connectivity index is 3.12. The van der Waals surface area contributed by atoms with E-state index in [1.165, 1.54) is 21.6 Å². The van der Waals surface area contributed by atoms with E-state index in [0.29, 0.717) is 6.61 Å². The van der Waals surface area contributed by atoms with Crippen LogP contribution in [0.15, 0.2) is 61.2 Å². The van der Waals surface area contributed by atoms with Crippen LogP contribution in [0.25, 0.3) is 41.0 Å². The Kier molecular flexibility index (Phi) is 10.8. The summed E-state index contributed by atoms with van der Waals surface area (Å²) < 4.78 is 6.55. The maximum absolute atomic E-state index is 6.55. The molecule has 0 spiro atoms. The highest BCUT2D eigenvalue weighted by Gasteiger charge is 2.20. The number of hydrogen-bond acceptors (Lipinski definition) is 1. The summed E-state index contributed by atoms with van der Waals surface area (Å²) in [4.78, 5) is 0. The molecule has 35 heavy (non-hydrogen) atoms. The van der Waals surface area contributed by atoms with Gasteiger partial charge >= 0.3 is 0 Å². The number of ether oxygens (including phenoxy) is 1. The summed E-state index contributed by atoms with van der Waals surface area (Å²) >= 11 is 0. The van der Waals surface area contributed by atoms with Gasteiger partial charge in [0.25, 0.3) is 0 Å². The molecule has 0 amide bonds. The van der Waals surface area contributed by atoms with Crippen LogP contribution in [0.3, 0.4) is 0 Å². The molecule has 0 aliphatic rings. The van der Waals surface area contributed by atoms with Crippen molar-refractivity contribution in [1.82, 2.24) is 0 Å². The fraction of sp³-hybridized carbons (Fsp3) is 0.294. The first-order valence-corrected chi connectivity index (χ1v) is 12.7. The van der Waals surface area contributed by atoms with Gasteiger partial charge in [-0.15, -0.1) is 0 Å². The van der Waals surface area contributed by atoms with Gasteiger partial charge in [0.15, 0.2) is 0 Å². The van der Waals surface area contributed by atoms with Gasteiger partial charge in [-0.05, 0) is 103 Å². The minimum atomic E-state index is 0.517. The number of benzene rings is 2. The smallest absolute Gasteiger partial charge is 0.128 e. The van der Waals surface area contributed by atoms with Gasteiger partial charge in [0, 0.05) is 5.56 Å². The van der Waals surface area contributed by atoms with Gasteiger partial charge < -0.3 is 4.74 Å². The molecule has 2 aromatic carbocycles. The first-order valence-electron chi connectivity index (χ1n) is 12.7. The van der Waals surface area contributed by atoms with E-state index in [9.17, 15) is 0 Å². The SMILES string of the molecule is C=Cc1cc(C(=C)C)c(C)c(-c2c(OCC(/C=C\C)=C/C)ccc(=C/CC)/c2=C\CC)c1/C=C\C. The van der Waals surface area contributed by atoms with Gasteiger partial charge in [0.05, 0.1) is 0 Å². The molecular formula is C34H42O. The highest BCUT2D eigenvalue weighted by molar-refractivity contribution is 5.90. The Morgan fingerprint density at radius 2 is 1.71 bits per heavy atom. The molecule has 0 unspecified atom stereocenters. The summed E-state index contributed by atoms with van der Waals surface area (Å²) in [6.07, 6.45) is 19.0. The Bertz CT molecular complexity index is 1280. The van der Waals surface area contributed by atoms with Crippen molar-refractivity contribution in [2.45, 2.75) is 61.3 Å². The quantitative estimate of drug-likeness (QED) is 0.318. The number of rotatable bonds is 10. The second-order valence-electron chi connectivity index (χ2n) is 8.73. The van der Waals surface area contributed by atoms with Crippen molar-refractivity contribution in [3.63, 3.8) is 0 Å². The monoisotopic (exact) mass is 466 g/mol. The minimum absolute atomic E-state index is 0.517. The molecule has 1 heteroatoms. The summed E-state index contributed by atoms with van der Waals surface area (Å²) in [6.45, 7) is 23.7. The van der Waals surface area contributed by atoms with Crippen LogP contribution in [0.1, 0.15) is 76.6 Å². The number of hydrogen-bond donors (Lipinski definition) is 0. The average molecular weight is 467 g/mol. The molecule has 0 saturated heterocycles. The second-order valence-corrected chi connectivity index (χ2v) is 8.73. The van der Waals surface area contributed by atoms with Gasteiger partial charge in [-0.2, -0.15) is 0 Å². The predicted octanol–water partition coefficient (Wildman–Crippen LogP) is 8.65. The summed E-state index contributed by atoms with van der Waals surface area (Å²) in [7, 11) is 0. The third-order valence-corrected chi connectivity index (χ3v) is 6.14. The fourth-order valence-electron chi connectivity index (χ4n) is 4.52. The van der Waals surface area contributed by atoms with Crippen LogP contribution in [-0.4, -0.2) is 6.61 Å². The van der Waals surface area contributed by atoms with E-state index in [-0.39, 0.29) is 0 Å². The molecule has 184 valence electrons. The molecule has 0 heterocycles. The van der Waals surface area contributed by atoms with Crippen molar-refractivity contribution < 1.29 is 4.74 Å². The van der Waals surface area contributed by atoms with Crippen LogP contribution >= 0.6 is 0 Å². The molecule has 0 N–H and O–H groups in total. The van der Waals surface area contributed by atoms with Gasteiger partial charge in [-0.1, -0.05) is 87.3 Å². The first-order chi connectivity index (χ1) is 16.9. The van der Waals surface area contributed by atoms with Crippen molar-refractivity contribution in [1.29, 1.82) is 0 Å². The van der Waals surface area contributed by atoms with E-state index in [2.05, 4.69) is 115 Å². The van der Waals surface area contributed by atoms with Crippen LogP contribution in [0, 0.1) is 6.92 Å². The molecule has 0 fully saturated rings. The van der Waals surface area contributed by atoms with E-state index in [1.807, 2.05) is 13.0 Å². The molecule has 1 nitrogen and oxygen atoms in total. The van der Waals surface area contributed by atoms with E-state index >= 15 is 0 Å². The average Bonchev–Trinajstić information content (AvgIpc) is 2.84. The summed E-state index contributed by atoms with van der Waals surface area (Å²) in [5.74, 6) is 0.893. The predicted molar refractivity (Wildman–Crippen MR) is 159 cm³/mol. The third kappa shape index (κ3) is 6.42. The molecular weight excluding hydrogens is 424 g/mol. The fourth-order valence-corrected chi connectivity index (χ4v) is 4.52. The van der Waals surface area contributed by atoms with Crippen molar-refractivity contribution in [3.8, 4) is 16.9 Å². The Morgan fingerprint density at radius 3 is 2.26 bits per heavy atom. The van der Waals surface area contributed by atoms with E-state index in [0.717, 1.165) is 52.0 Å². The first kappa shape index (κ1) is 27.9. The maximum atomic E-state index is 6.55. The van der Waals surface area contributed by atoms with E-state index in [1.54, 1.807) is 0 Å². The summed E-state index contributed by atoms with van der Waals surface area (Å²) in [5, 5.41) is 2.46. The zero-order valence-electron chi connectivity index (χ0n) is 22.8. The normalized spacial score (nSPS) is 13.3. The van der Waals surface area contributed by atoms with Crippen molar-refractivity contribution in [3.05, 3.63) is 93.9 Å². The summed E-state index contributed by atoms with van der Waals surface area (Å²) in [6, 6.07) is 6.53. The van der Waals surface area contributed by atoms with Crippen LogP contribution in [0.5, 0.6) is 5.75 Å². The maximum Gasteiger partial charge on any atom is 0.128 e. The molecule has 0 aliphatic carbocycles. The molecule has 0 atom stereocenters. The second kappa shape index (κ2) is 13.5. The highest BCUT2D eigenvalue weighted by atomic mass is 16.5. The Hall–Kier alpha value is -3.32. The lowest BCUT2D eigenvalue weighted by Gasteiger charge is -2.22. The lowest BCUT2D eigenvalue weighted by molar-refractivity contribution is 0.356. The molecule has 0 aromatic heterocycles. The molecule has 0 saturated carbocycles. The zero-order chi connectivity index (χ0) is 26.0. The van der Waals surface area contributed by atoms with Crippen LogP contribution in [0.4, 0.5) is 0 Å². The van der Waals surface area contributed by atoms with E-state index < -0.39 is 0 Å². The van der Waals surface area contributed by atoms with Gasteiger partial charge in [-0.25, -0.2) is 0 Å². The standard InChI is InChI=1S/C34H42O/c1-10-16-26(14-5)23-35-32-21-20-28(17-11-2)30(19-13-4)34(32)33-25(9)31(24(7)8)22-27(15-6)29(33)18-12-3/h10,12,14-22H,6-7,11,13,23H2,1-5,8-9H3/b16-10-,18-12-,26-14+,28-17-,30-19+. The van der Waals surface area contributed by atoms with Gasteiger partial charge in [0.2, 0.25) is 0 Å². The van der Waals surface area contributed by atoms with Crippen molar-refractivity contribution >= 4 is 29.9 Å². The largest absolute Gasteiger partial charge is 0.488 e. The van der Waals surface area contributed by atoms with E-state index in [4.69, 9.17) is 4.74 Å².